The van der Waals surface area contributed by atoms with Crippen LogP contribution in [0.25, 0.3) is 0 Å². The number of benzene rings is 1. The van der Waals surface area contributed by atoms with Crippen molar-refractivity contribution in [2.45, 2.75) is 13.0 Å². The number of hydrazine groups is 1. The Bertz CT molecular complexity index is 906. The lowest BCUT2D eigenvalue weighted by molar-refractivity contribution is -0.132. The summed E-state index contributed by atoms with van der Waals surface area (Å²) in [4.78, 5) is 26.5. The number of pyridine rings is 1. The number of rotatable bonds is 6. The summed E-state index contributed by atoms with van der Waals surface area (Å²) < 4.78 is 49.4. The van der Waals surface area contributed by atoms with Gasteiger partial charge in [-0.05, 0) is 24.3 Å². The second-order valence-corrected chi connectivity index (χ2v) is 7.29. The summed E-state index contributed by atoms with van der Waals surface area (Å²) in [5.74, 6) is -2.48. The maximum Gasteiger partial charge on any atom is 0.317 e. The molecule has 1 aromatic heterocycles. The fourth-order valence-corrected chi connectivity index (χ4v) is 2.91. The van der Waals surface area contributed by atoms with Crippen molar-refractivity contribution in [1.29, 1.82) is 0 Å². The van der Waals surface area contributed by atoms with Gasteiger partial charge in [-0.15, -0.1) is 0 Å². The van der Waals surface area contributed by atoms with Gasteiger partial charge >= 0.3 is 12.3 Å². The van der Waals surface area contributed by atoms with E-state index in [0.29, 0.717) is 11.4 Å². The number of halogens is 2. The molecule has 0 aliphatic heterocycles. The summed E-state index contributed by atoms with van der Waals surface area (Å²) in [6, 6.07) is 11.2. The summed E-state index contributed by atoms with van der Waals surface area (Å²) in [7, 11) is -3.57. The molecule has 8 nitrogen and oxygen atoms in total. The van der Waals surface area contributed by atoms with Gasteiger partial charge in [-0.3, -0.25) is 29.7 Å². The second-order valence-electron chi connectivity index (χ2n) is 5.39. The molecule has 0 unspecified atom stereocenters. The van der Waals surface area contributed by atoms with Crippen LogP contribution in [-0.2, 0) is 21.4 Å². The first-order valence-corrected chi connectivity index (χ1v) is 9.39. The molecule has 0 saturated heterocycles. The van der Waals surface area contributed by atoms with E-state index in [4.69, 9.17) is 0 Å². The molecule has 1 aromatic carbocycles. The van der Waals surface area contributed by atoms with Crippen molar-refractivity contribution < 1.29 is 26.8 Å². The Hall–Kier alpha value is -3.08. The fraction of sp³-hybridized carbons (Fsp3) is 0.188. The van der Waals surface area contributed by atoms with Crippen molar-refractivity contribution in [2.24, 2.45) is 0 Å². The van der Waals surface area contributed by atoms with Crippen molar-refractivity contribution in [3.8, 4) is 0 Å². The van der Waals surface area contributed by atoms with Crippen LogP contribution in [0.4, 0.5) is 14.5 Å². The smallest absolute Gasteiger partial charge is 0.267 e. The van der Waals surface area contributed by atoms with E-state index in [9.17, 15) is 26.8 Å². The Kier molecular flexibility index (Phi) is 6.40. The quantitative estimate of drug-likeness (QED) is 0.708. The molecule has 0 aliphatic rings. The molecule has 2 aromatic rings. The number of alkyl halides is 2. The number of nitrogens with zero attached hydrogens (tertiary/aromatic N) is 2. The average Bonchev–Trinajstić information content (AvgIpc) is 2.64. The molecule has 1 heterocycles. The molecule has 144 valence electrons. The van der Waals surface area contributed by atoms with E-state index in [1.54, 1.807) is 35.8 Å². The first-order chi connectivity index (χ1) is 12.7. The minimum absolute atomic E-state index is 0.000988. The Morgan fingerprint density at radius 3 is 2.30 bits per heavy atom. The lowest BCUT2D eigenvalue weighted by Crippen LogP contribution is -2.44. The van der Waals surface area contributed by atoms with Crippen LogP contribution in [0, 0.1) is 0 Å². The molecule has 2 amide bonds. The van der Waals surface area contributed by atoms with E-state index in [1.165, 1.54) is 12.1 Å². The lowest BCUT2D eigenvalue weighted by atomic mass is 10.2. The first kappa shape index (κ1) is 20.2. The highest BCUT2D eigenvalue weighted by Crippen LogP contribution is 2.19. The van der Waals surface area contributed by atoms with E-state index < -0.39 is 28.3 Å². The third-order valence-electron chi connectivity index (χ3n) is 3.33. The van der Waals surface area contributed by atoms with Crippen LogP contribution in [0.5, 0.6) is 0 Å². The van der Waals surface area contributed by atoms with Crippen molar-refractivity contribution >= 4 is 27.5 Å². The van der Waals surface area contributed by atoms with Gasteiger partial charge in [0.2, 0.25) is 10.0 Å². The van der Waals surface area contributed by atoms with Crippen LogP contribution < -0.4 is 15.2 Å². The summed E-state index contributed by atoms with van der Waals surface area (Å²) in [5, 5.41) is 0. The number of anilines is 1. The Balaban J connectivity index is 2.10. The van der Waals surface area contributed by atoms with Crippen molar-refractivity contribution in [3.63, 3.8) is 0 Å². The topological polar surface area (TPSA) is 108 Å². The average molecular weight is 398 g/mol. The van der Waals surface area contributed by atoms with E-state index in [0.717, 1.165) is 16.8 Å². The van der Waals surface area contributed by atoms with Gasteiger partial charge in [-0.2, -0.15) is 8.78 Å². The molecule has 0 fully saturated rings. The van der Waals surface area contributed by atoms with Gasteiger partial charge in [0, 0.05) is 6.20 Å². The maximum absolute atomic E-state index is 12.1. The molecule has 2 N–H and O–H groups in total. The van der Waals surface area contributed by atoms with Gasteiger partial charge in [0.1, 0.15) is 0 Å². The van der Waals surface area contributed by atoms with Gasteiger partial charge in [0.15, 0.2) is 0 Å². The zero-order valence-corrected chi connectivity index (χ0v) is 14.9. The van der Waals surface area contributed by atoms with Gasteiger partial charge in [0.05, 0.1) is 29.7 Å². The number of amides is 2. The number of aromatic nitrogens is 1. The summed E-state index contributed by atoms with van der Waals surface area (Å²) >= 11 is 0. The minimum Gasteiger partial charge on any atom is -0.267 e. The number of hydrogen-bond donors (Lipinski definition) is 2. The highest BCUT2D eigenvalue weighted by atomic mass is 32.2. The maximum atomic E-state index is 12.1. The largest absolute Gasteiger partial charge is 0.317 e. The molecule has 0 aliphatic carbocycles. The van der Waals surface area contributed by atoms with Crippen LogP contribution in [0.2, 0.25) is 0 Å². The van der Waals surface area contributed by atoms with Crippen molar-refractivity contribution in [1.82, 2.24) is 15.8 Å². The van der Waals surface area contributed by atoms with E-state index in [-0.39, 0.29) is 12.1 Å². The summed E-state index contributed by atoms with van der Waals surface area (Å²) in [5.41, 5.74) is 4.20. The SMILES string of the molecule is CS(=O)(=O)N(Cc1ccc(C(=O)NNC(=O)C(F)F)cn1)c1ccccc1. The van der Waals surface area contributed by atoms with E-state index in [1.807, 2.05) is 5.43 Å². The van der Waals surface area contributed by atoms with E-state index in [2.05, 4.69) is 4.98 Å². The zero-order valence-electron chi connectivity index (χ0n) is 14.1. The summed E-state index contributed by atoms with van der Waals surface area (Å²) in [6.07, 6.45) is -1.05. The van der Waals surface area contributed by atoms with Gasteiger partial charge in [-0.1, -0.05) is 18.2 Å². The van der Waals surface area contributed by atoms with Crippen LogP contribution in [-0.4, -0.2) is 37.9 Å². The molecule has 0 atom stereocenters. The molecular formula is C16H16F2N4O4S. The minimum atomic E-state index is -3.57. The monoisotopic (exact) mass is 398 g/mol. The third-order valence-corrected chi connectivity index (χ3v) is 4.48. The van der Waals surface area contributed by atoms with E-state index >= 15 is 0 Å². The standard InChI is InChI=1S/C16H16F2N4O4S/c1-27(25,26)22(13-5-3-2-4-6-13)10-12-8-7-11(9-19-12)15(23)20-21-16(24)14(17)18/h2-9,14H,10H2,1H3,(H,20,23)(H,21,24). The van der Waals surface area contributed by atoms with Crippen LogP contribution in [0.15, 0.2) is 48.7 Å². The molecular weight excluding hydrogens is 382 g/mol. The van der Waals surface area contributed by atoms with Crippen LogP contribution in [0.1, 0.15) is 16.1 Å². The number of hydrogen-bond acceptors (Lipinski definition) is 5. The van der Waals surface area contributed by atoms with Gasteiger partial charge in [0.25, 0.3) is 5.91 Å². The molecule has 0 spiro atoms. The number of sulfonamides is 1. The number of para-hydroxylation sites is 1. The Morgan fingerprint density at radius 2 is 1.78 bits per heavy atom. The first-order valence-electron chi connectivity index (χ1n) is 7.54. The highest BCUT2D eigenvalue weighted by Gasteiger charge is 2.19. The fourth-order valence-electron chi connectivity index (χ4n) is 2.04. The van der Waals surface area contributed by atoms with Crippen LogP contribution in [0.3, 0.4) is 0 Å². The lowest BCUT2D eigenvalue weighted by Gasteiger charge is -2.22. The molecule has 0 saturated carbocycles. The van der Waals surface area contributed by atoms with Crippen LogP contribution >= 0.6 is 0 Å². The number of carbonyl (C=O) groups excluding carboxylic acids is 2. The zero-order chi connectivity index (χ0) is 20.0. The van der Waals surface area contributed by atoms with Gasteiger partial charge < -0.3 is 0 Å². The molecule has 11 heteroatoms. The molecule has 2 rings (SSSR count). The highest BCUT2D eigenvalue weighted by molar-refractivity contribution is 7.92. The normalized spacial score (nSPS) is 11.1. The number of carbonyl (C=O) groups is 2. The Morgan fingerprint density at radius 1 is 1.11 bits per heavy atom. The summed E-state index contributed by atoms with van der Waals surface area (Å²) in [6.45, 7) is -0.0626. The number of nitrogens with one attached hydrogen (secondary N) is 2. The molecule has 0 radical (unpaired) electrons. The van der Waals surface area contributed by atoms with Gasteiger partial charge in [-0.25, -0.2) is 8.42 Å². The second kappa shape index (κ2) is 8.54. The Labute approximate surface area is 154 Å². The third kappa shape index (κ3) is 5.71. The predicted octanol–water partition coefficient (Wildman–Crippen LogP) is 1.07. The molecule has 0 bridgehead atoms. The molecule has 27 heavy (non-hydrogen) atoms. The van der Waals surface area contributed by atoms with Crippen molar-refractivity contribution in [3.05, 3.63) is 59.9 Å². The predicted molar refractivity (Wildman–Crippen MR) is 93.3 cm³/mol. The van der Waals surface area contributed by atoms with Crippen molar-refractivity contribution in [2.75, 3.05) is 10.6 Å².